The lowest BCUT2D eigenvalue weighted by atomic mass is 10.2. The Balaban J connectivity index is 2.89. The molecule has 0 atom stereocenters. The van der Waals surface area contributed by atoms with Crippen molar-refractivity contribution >= 4 is 30.7 Å². The summed E-state index contributed by atoms with van der Waals surface area (Å²) in [6.45, 7) is 15.6. The molecule has 2 rings (SSSR count). The molecule has 1 nitrogen and oxygen atoms in total. The van der Waals surface area contributed by atoms with E-state index < -0.39 is 8.24 Å². The van der Waals surface area contributed by atoms with Crippen molar-refractivity contribution < 1.29 is 4.39 Å². The van der Waals surface area contributed by atoms with Crippen LogP contribution in [0.1, 0.15) is 47.1 Å². The van der Waals surface area contributed by atoms with Crippen LogP contribution in [-0.2, 0) is 0 Å². The number of aryl methyl sites for hydroxylation is 1. The second-order valence-electron chi connectivity index (χ2n) is 7.32. The van der Waals surface area contributed by atoms with Crippen molar-refractivity contribution in [3.05, 3.63) is 34.7 Å². The van der Waals surface area contributed by atoms with Crippen molar-refractivity contribution in [1.82, 2.24) is 4.23 Å². The molecule has 1 heterocycles. The molecule has 0 saturated heterocycles. The molecular weight excluding hydrogens is 313 g/mol. The predicted molar refractivity (Wildman–Crippen MR) is 98.1 cm³/mol. The van der Waals surface area contributed by atoms with Crippen molar-refractivity contribution in [3.8, 4) is 0 Å². The largest absolute Gasteiger partial charge is 0.372 e. The van der Waals surface area contributed by atoms with Gasteiger partial charge in [0.2, 0.25) is 0 Å². The van der Waals surface area contributed by atoms with Gasteiger partial charge < -0.3 is 4.23 Å². The van der Waals surface area contributed by atoms with E-state index >= 15 is 0 Å². The zero-order valence-electron chi connectivity index (χ0n) is 14.7. The highest BCUT2D eigenvalue weighted by molar-refractivity contribution is 6.82. The molecule has 2 aromatic rings. The molecule has 0 aliphatic rings. The smallest absolute Gasteiger partial charge is 0.169 e. The molecule has 22 heavy (non-hydrogen) atoms. The molecular formula is C18H27ClFNSi. The fraction of sp³-hybridized carbons (Fsp3) is 0.556. The number of benzene rings is 1. The third-order valence-electron chi connectivity index (χ3n) is 5.23. The Bertz CT molecular complexity index is 666. The van der Waals surface area contributed by atoms with Crippen LogP contribution in [0.3, 0.4) is 0 Å². The fourth-order valence-electron chi connectivity index (χ4n) is 4.47. The van der Waals surface area contributed by atoms with Gasteiger partial charge in [0, 0.05) is 17.1 Å². The normalized spacial score (nSPS) is 13.1. The van der Waals surface area contributed by atoms with Crippen LogP contribution in [-0.4, -0.2) is 12.5 Å². The first-order valence-electron chi connectivity index (χ1n) is 8.11. The average molecular weight is 340 g/mol. The summed E-state index contributed by atoms with van der Waals surface area (Å²) in [7, 11) is -1.92. The van der Waals surface area contributed by atoms with Crippen molar-refractivity contribution in [1.29, 1.82) is 0 Å². The Morgan fingerprint density at radius 1 is 1.00 bits per heavy atom. The third-order valence-corrected chi connectivity index (χ3v) is 12.3. The van der Waals surface area contributed by atoms with E-state index in [9.17, 15) is 4.39 Å². The Morgan fingerprint density at radius 2 is 1.50 bits per heavy atom. The first-order chi connectivity index (χ1) is 10.1. The number of hydrogen-bond donors (Lipinski definition) is 0. The second-order valence-corrected chi connectivity index (χ2v) is 13.4. The molecule has 0 saturated carbocycles. The SMILES string of the molecule is Cc1cc2c(Cl)cn([Si](C(C)C)(C(C)C)C(C)C)c2cc1F. The third kappa shape index (κ3) is 2.43. The van der Waals surface area contributed by atoms with Gasteiger partial charge in [-0.05, 0) is 41.2 Å². The maximum Gasteiger partial charge on any atom is 0.169 e. The lowest BCUT2D eigenvalue weighted by molar-refractivity contribution is 0.620. The van der Waals surface area contributed by atoms with E-state index in [0.29, 0.717) is 22.2 Å². The Morgan fingerprint density at radius 3 is 1.95 bits per heavy atom. The predicted octanol–water partition coefficient (Wildman–Crippen LogP) is 6.77. The lowest BCUT2D eigenvalue weighted by Gasteiger charge is -2.44. The summed E-state index contributed by atoms with van der Waals surface area (Å²) >= 11 is 6.50. The summed E-state index contributed by atoms with van der Waals surface area (Å²) in [5, 5.41) is 1.70. The van der Waals surface area contributed by atoms with Gasteiger partial charge in [-0.25, -0.2) is 4.39 Å². The molecule has 0 fully saturated rings. The molecule has 122 valence electrons. The molecule has 0 radical (unpaired) electrons. The van der Waals surface area contributed by atoms with Crippen molar-refractivity contribution in [3.63, 3.8) is 0 Å². The molecule has 4 heteroatoms. The highest BCUT2D eigenvalue weighted by Crippen LogP contribution is 2.45. The van der Waals surface area contributed by atoms with Crippen LogP contribution in [0.2, 0.25) is 21.6 Å². The maximum atomic E-state index is 14.2. The molecule has 1 aromatic carbocycles. The lowest BCUT2D eigenvalue weighted by Crippen LogP contribution is -2.51. The first kappa shape index (κ1) is 17.5. The maximum absolute atomic E-state index is 14.2. The van der Waals surface area contributed by atoms with E-state index in [1.807, 2.05) is 6.07 Å². The number of halogens is 2. The molecule has 0 spiro atoms. The van der Waals surface area contributed by atoms with Gasteiger partial charge in [-0.2, -0.15) is 0 Å². The van der Waals surface area contributed by atoms with Crippen LogP contribution < -0.4 is 0 Å². The number of rotatable bonds is 4. The average Bonchev–Trinajstić information content (AvgIpc) is 2.67. The van der Waals surface area contributed by atoms with E-state index in [4.69, 9.17) is 11.6 Å². The van der Waals surface area contributed by atoms with Gasteiger partial charge in [0.25, 0.3) is 0 Å². The fourth-order valence-corrected chi connectivity index (χ4v) is 11.4. The van der Waals surface area contributed by atoms with E-state index in [-0.39, 0.29) is 5.82 Å². The molecule has 0 aliphatic carbocycles. The van der Waals surface area contributed by atoms with Gasteiger partial charge in [0.15, 0.2) is 8.24 Å². The van der Waals surface area contributed by atoms with Gasteiger partial charge in [0.05, 0.1) is 5.02 Å². The van der Waals surface area contributed by atoms with Crippen LogP contribution in [0.15, 0.2) is 18.3 Å². The Kier molecular flexibility index (Phi) is 4.79. The minimum Gasteiger partial charge on any atom is -0.372 e. The quantitative estimate of drug-likeness (QED) is 0.542. The molecule has 0 bridgehead atoms. The van der Waals surface area contributed by atoms with Crippen LogP contribution in [0, 0.1) is 12.7 Å². The van der Waals surface area contributed by atoms with Crippen LogP contribution >= 0.6 is 11.6 Å². The van der Waals surface area contributed by atoms with E-state index in [1.54, 1.807) is 13.0 Å². The summed E-state index contributed by atoms with van der Waals surface area (Å²) in [6.07, 6.45) is 2.05. The summed E-state index contributed by atoms with van der Waals surface area (Å²) in [6, 6.07) is 3.55. The monoisotopic (exact) mass is 339 g/mol. The zero-order chi connectivity index (χ0) is 16.8. The highest BCUT2D eigenvalue weighted by Gasteiger charge is 2.46. The Labute approximate surface area is 139 Å². The zero-order valence-corrected chi connectivity index (χ0v) is 16.4. The summed E-state index contributed by atoms with van der Waals surface area (Å²) < 4.78 is 16.6. The number of fused-ring (bicyclic) bond motifs is 1. The Hall–Kier alpha value is -0.803. The van der Waals surface area contributed by atoms with E-state index in [0.717, 1.165) is 15.9 Å². The summed E-state index contributed by atoms with van der Waals surface area (Å²) in [5.74, 6) is -0.150. The minimum atomic E-state index is -1.92. The topological polar surface area (TPSA) is 4.93 Å². The van der Waals surface area contributed by atoms with Crippen molar-refractivity contribution in [2.75, 3.05) is 0 Å². The van der Waals surface area contributed by atoms with E-state index in [1.165, 1.54) is 0 Å². The highest BCUT2D eigenvalue weighted by atomic mass is 35.5. The van der Waals surface area contributed by atoms with Crippen molar-refractivity contribution in [2.45, 2.75) is 65.1 Å². The summed E-state index contributed by atoms with van der Waals surface area (Å²) in [5.41, 5.74) is 3.24. The van der Waals surface area contributed by atoms with Gasteiger partial charge in [0.1, 0.15) is 5.82 Å². The van der Waals surface area contributed by atoms with Gasteiger partial charge >= 0.3 is 0 Å². The van der Waals surface area contributed by atoms with Crippen LogP contribution in [0.4, 0.5) is 4.39 Å². The number of aromatic nitrogens is 1. The molecule has 1 aromatic heterocycles. The summed E-state index contributed by atoms with van der Waals surface area (Å²) in [4.78, 5) is 0. The van der Waals surface area contributed by atoms with E-state index in [2.05, 4.69) is 52.0 Å². The number of hydrogen-bond acceptors (Lipinski definition) is 0. The minimum absolute atomic E-state index is 0.150. The van der Waals surface area contributed by atoms with Crippen LogP contribution in [0.25, 0.3) is 10.9 Å². The van der Waals surface area contributed by atoms with Gasteiger partial charge in [-0.1, -0.05) is 53.1 Å². The standard InChI is InChI=1S/C18H27ClFNSi/c1-11(2)22(12(3)4,13(5)6)21-10-16(19)15-8-14(7)17(20)9-18(15)21/h8-13H,1-7H3. The molecule has 0 N–H and O–H groups in total. The van der Waals surface area contributed by atoms with Gasteiger partial charge in [-0.3, -0.25) is 0 Å². The van der Waals surface area contributed by atoms with Crippen LogP contribution in [0.5, 0.6) is 0 Å². The van der Waals surface area contributed by atoms with Gasteiger partial charge in [-0.15, -0.1) is 0 Å². The second kappa shape index (κ2) is 6.01. The molecule has 0 unspecified atom stereocenters. The molecule has 0 aliphatic heterocycles. The first-order valence-corrected chi connectivity index (χ1v) is 10.7. The van der Waals surface area contributed by atoms with Crippen molar-refractivity contribution in [2.24, 2.45) is 0 Å². The molecule has 0 amide bonds. The number of nitrogens with zero attached hydrogens (tertiary/aromatic N) is 1.